The summed E-state index contributed by atoms with van der Waals surface area (Å²) in [7, 11) is 0. The lowest BCUT2D eigenvalue weighted by molar-refractivity contribution is -0.0748. The van der Waals surface area contributed by atoms with Crippen LogP contribution in [0.2, 0.25) is 0 Å². The summed E-state index contributed by atoms with van der Waals surface area (Å²) in [5.74, 6) is 0.100. The van der Waals surface area contributed by atoms with Crippen molar-refractivity contribution < 1.29 is 9.53 Å². The lowest BCUT2D eigenvalue weighted by atomic mass is 10.1. The highest BCUT2D eigenvalue weighted by Gasteiger charge is 2.32. The van der Waals surface area contributed by atoms with Gasteiger partial charge in [0.05, 0.1) is 27.3 Å². The van der Waals surface area contributed by atoms with Crippen LogP contribution in [0.3, 0.4) is 0 Å². The number of anilines is 2. The van der Waals surface area contributed by atoms with Crippen LogP contribution in [0.15, 0.2) is 6.07 Å². The van der Waals surface area contributed by atoms with Crippen molar-refractivity contribution >= 4 is 27.8 Å². The van der Waals surface area contributed by atoms with E-state index in [1.165, 1.54) is 11.3 Å². The summed E-state index contributed by atoms with van der Waals surface area (Å²) >= 11 is 1.50. The number of rotatable bonds is 3. The van der Waals surface area contributed by atoms with Crippen LogP contribution in [0.4, 0.5) is 10.7 Å². The largest absolute Gasteiger partial charge is 0.397 e. The second-order valence-electron chi connectivity index (χ2n) is 6.46. The number of hydrogen-bond acceptors (Lipinski definition) is 5. The average molecular weight is 296 g/mol. The van der Waals surface area contributed by atoms with Gasteiger partial charge in [-0.1, -0.05) is 13.8 Å². The number of ether oxygens (including phenoxy) is 1. The van der Waals surface area contributed by atoms with E-state index in [0.717, 1.165) is 18.1 Å². The predicted molar refractivity (Wildman–Crippen MR) is 84.7 cm³/mol. The minimum absolute atomic E-state index is 0.0242. The van der Waals surface area contributed by atoms with Gasteiger partial charge >= 0.3 is 0 Å². The molecule has 5 heteroatoms. The highest BCUT2D eigenvalue weighted by Crippen LogP contribution is 2.36. The van der Waals surface area contributed by atoms with Gasteiger partial charge < -0.3 is 15.4 Å². The molecule has 1 aromatic heterocycles. The maximum atomic E-state index is 12.1. The van der Waals surface area contributed by atoms with Crippen molar-refractivity contribution in [2.24, 2.45) is 5.92 Å². The van der Waals surface area contributed by atoms with Crippen LogP contribution in [0, 0.1) is 5.92 Å². The van der Waals surface area contributed by atoms with E-state index in [1.54, 1.807) is 0 Å². The van der Waals surface area contributed by atoms with E-state index in [-0.39, 0.29) is 23.4 Å². The van der Waals surface area contributed by atoms with Gasteiger partial charge in [-0.15, -0.1) is 11.3 Å². The van der Waals surface area contributed by atoms with E-state index in [9.17, 15) is 4.79 Å². The molecule has 1 unspecified atom stereocenters. The van der Waals surface area contributed by atoms with Gasteiger partial charge in [0.1, 0.15) is 0 Å². The first kappa shape index (κ1) is 15.3. The zero-order valence-corrected chi connectivity index (χ0v) is 13.7. The summed E-state index contributed by atoms with van der Waals surface area (Å²) < 4.78 is 5.91. The van der Waals surface area contributed by atoms with Gasteiger partial charge in [-0.3, -0.25) is 4.79 Å². The van der Waals surface area contributed by atoms with Crippen molar-refractivity contribution in [3.05, 3.63) is 10.9 Å². The molecule has 0 aliphatic carbocycles. The molecule has 0 spiro atoms. The zero-order chi connectivity index (χ0) is 15.1. The number of nitrogen functional groups attached to an aromatic ring is 1. The van der Waals surface area contributed by atoms with Gasteiger partial charge in [0.25, 0.3) is 0 Å². The van der Waals surface area contributed by atoms with E-state index in [2.05, 4.69) is 25.7 Å². The Labute approximate surface area is 124 Å². The standard InChI is InChI=1S/C15H24N2O2S/c1-9(2)13(18)14-11(16)6-12(20-14)17-7-10(3)19-15(4,5)8-17/h6,9-10H,7-8,16H2,1-5H3. The molecule has 0 saturated carbocycles. The minimum Gasteiger partial charge on any atom is -0.397 e. The molecule has 1 fully saturated rings. The van der Waals surface area contributed by atoms with Gasteiger partial charge in [0, 0.05) is 19.0 Å². The lowest BCUT2D eigenvalue weighted by Crippen LogP contribution is -2.51. The third-order valence-corrected chi connectivity index (χ3v) is 4.60. The fourth-order valence-corrected chi connectivity index (χ4v) is 3.80. The molecule has 112 valence electrons. The Morgan fingerprint density at radius 1 is 1.55 bits per heavy atom. The number of morpholine rings is 1. The lowest BCUT2D eigenvalue weighted by Gasteiger charge is -2.42. The van der Waals surface area contributed by atoms with Gasteiger partial charge in [-0.25, -0.2) is 0 Å². The first-order valence-corrected chi connectivity index (χ1v) is 7.87. The Morgan fingerprint density at radius 2 is 2.20 bits per heavy atom. The van der Waals surface area contributed by atoms with Crippen LogP contribution in [0.25, 0.3) is 0 Å². The number of hydrogen-bond donors (Lipinski definition) is 1. The molecule has 1 aliphatic rings. The second kappa shape index (κ2) is 5.37. The van der Waals surface area contributed by atoms with Crippen molar-refractivity contribution in [3.63, 3.8) is 0 Å². The summed E-state index contributed by atoms with van der Waals surface area (Å²) in [6.07, 6.45) is 0.173. The third-order valence-electron chi connectivity index (χ3n) is 3.38. The second-order valence-corrected chi connectivity index (χ2v) is 7.49. The molecule has 0 aromatic carbocycles. The molecule has 20 heavy (non-hydrogen) atoms. The molecule has 1 aromatic rings. The monoisotopic (exact) mass is 296 g/mol. The SMILES string of the molecule is CC1CN(c2cc(N)c(C(=O)C(C)C)s2)CC(C)(C)O1. The Hall–Kier alpha value is -1.07. The summed E-state index contributed by atoms with van der Waals surface area (Å²) in [5, 5.41) is 1.06. The summed E-state index contributed by atoms with van der Waals surface area (Å²) in [6, 6.07) is 1.92. The number of ketones is 1. The fraction of sp³-hybridized carbons (Fsp3) is 0.667. The van der Waals surface area contributed by atoms with Crippen molar-refractivity contribution in [1.29, 1.82) is 0 Å². The zero-order valence-electron chi connectivity index (χ0n) is 12.9. The van der Waals surface area contributed by atoms with E-state index >= 15 is 0 Å². The Balaban J connectivity index is 2.26. The number of nitrogens with two attached hydrogens (primary N) is 1. The number of thiophene rings is 1. The Kier molecular flexibility index (Phi) is 4.12. The quantitative estimate of drug-likeness (QED) is 0.870. The first-order valence-electron chi connectivity index (χ1n) is 7.06. The molecule has 0 amide bonds. The first-order chi connectivity index (χ1) is 9.19. The average Bonchev–Trinajstić information content (AvgIpc) is 2.67. The van der Waals surface area contributed by atoms with E-state index < -0.39 is 0 Å². The Bertz CT molecular complexity index is 508. The minimum atomic E-state index is -0.182. The predicted octanol–water partition coefficient (Wildman–Crippen LogP) is 3.17. The topological polar surface area (TPSA) is 55.6 Å². The summed E-state index contributed by atoms with van der Waals surface area (Å²) in [6.45, 7) is 11.7. The van der Waals surface area contributed by atoms with E-state index in [1.807, 2.05) is 19.9 Å². The van der Waals surface area contributed by atoms with Crippen LogP contribution in [0.1, 0.15) is 44.3 Å². The van der Waals surface area contributed by atoms with Gasteiger partial charge in [0.15, 0.2) is 5.78 Å². The smallest absolute Gasteiger partial charge is 0.177 e. The number of Topliss-reactive ketones (excluding diaryl/α,β-unsaturated/α-hetero) is 1. The molecule has 4 nitrogen and oxygen atoms in total. The molecule has 0 radical (unpaired) electrons. The van der Waals surface area contributed by atoms with Gasteiger partial charge in [-0.2, -0.15) is 0 Å². The van der Waals surface area contributed by atoms with Crippen molar-refractivity contribution in [2.75, 3.05) is 23.7 Å². The third kappa shape index (κ3) is 3.15. The molecule has 2 rings (SSSR count). The van der Waals surface area contributed by atoms with Crippen LogP contribution in [-0.2, 0) is 4.74 Å². The molecular formula is C15H24N2O2S. The van der Waals surface area contributed by atoms with E-state index in [4.69, 9.17) is 10.5 Å². The molecule has 1 saturated heterocycles. The maximum Gasteiger partial charge on any atom is 0.177 e. The van der Waals surface area contributed by atoms with Crippen LogP contribution in [0.5, 0.6) is 0 Å². The molecule has 0 bridgehead atoms. The molecule has 1 atom stereocenters. The van der Waals surface area contributed by atoms with Gasteiger partial charge in [-0.05, 0) is 26.8 Å². The normalized spacial score (nSPS) is 22.3. The number of carbonyl (C=O) groups excluding carboxylic acids is 1. The molecule has 2 N–H and O–H groups in total. The fourth-order valence-electron chi connectivity index (χ4n) is 2.62. The summed E-state index contributed by atoms with van der Waals surface area (Å²) in [5.41, 5.74) is 6.44. The van der Waals surface area contributed by atoms with Crippen LogP contribution in [-0.4, -0.2) is 30.6 Å². The van der Waals surface area contributed by atoms with Crippen LogP contribution < -0.4 is 10.6 Å². The van der Waals surface area contributed by atoms with E-state index in [0.29, 0.717) is 10.6 Å². The highest BCUT2D eigenvalue weighted by molar-refractivity contribution is 7.18. The summed E-state index contributed by atoms with van der Waals surface area (Å²) in [4.78, 5) is 15.1. The van der Waals surface area contributed by atoms with Gasteiger partial charge in [0.2, 0.25) is 0 Å². The van der Waals surface area contributed by atoms with Crippen molar-refractivity contribution in [1.82, 2.24) is 0 Å². The van der Waals surface area contributed by atoms with Crippen molar-refractivity contribution in [2.45, 2.75) is 46.3 Å². The molecule has 2 heterocycles. The number of nitrogens with zero attached hydrogens (tertiary/aromatic N) is 1. The van der Waals surface area contributed by atoms with Crippen LogP contribution >= 0.6 is 11.3 Å². The number of carbonyl (C=O) groups is 1. The van der Waals surface area contributed by atoms with Crippen molar-refractivity contribution in [3.8, 4) is 0 Å². The maximum absolute atomic E-state index is 12.1. The Morgan fingerprint density at radius 3 is 2.75 bits per heavy atom. The highest BCUT2D eigenvalue weighted by atomic mass is 32.1. The molecule has 1 aliphatic heterocycles. The molecular weight excluding hydrogens is 272 g/mol.